The Bertz CT molecular complexity index is 359. The average Bonchev–Trinajstić information content (AvgIpc) is 2.64. The van der Waals surface area contributed by atoms with Gasteiger partial charge in [-0.2, -0.15) is 0 Å². The highest BCUT2D eigenvalue weighted by Crippen LogP contribution is 2.61. The largest absolute Gasteiger partial charge is 0.468 e. The molecule has 0 spiro atoms. The van der Waals surface area contributed by atoms with E-state index in [0.717, 1.165) is 0 Å². The standard InChI is InChI=1S/C10H12O4/c1-5-6(8(12)13-4)9(2)10(3,14-9)7(5)11/h6H,1H2,2-4H3. The third kappa shape index (κ3) is 0.733. The molecule has 0 N–H and O–H groups in total. The van der Waals surface area contributed by atoms with Gasteiger partial charge in [-0.05, 0) is 13.8 Å². The molecule has 0 aromatic carbocycles. The number of rotatable bonds is 1. The van der Waals surface area contributed by atoms with E-state index in [4.69, 9.17) is 4.74 Å². The van der Waals surface area contributed by atoms with Crippen molar-refractivity contribution in [3.63, 3.8) is 0 Å². The van der Waals surface area contributed by atoms with Gasteiger partial charge in [0.1, 0.15) is 11.5 Å². The van der Waals surface area contributed by atoms with Crippen molar-refractivity contribution in [2.75, 3.05) is 7.11 Å². The lowest BCUT2D eigenvalue weighted by atomic mass is 9.91. The fourth-order valence-electron chi connectivity index (χ4n) is 2.26. The molecule has 76 valence electrons. The molecule has 1 saturated carbocycles. The molecular weight excluding hydrogens is 184 g/mol. The second-order valence-electron chi connectivity index (χ2n) is 4.05. The summed E-state index contributed by atoms with van der Waals surface area (Å²) in [5.74, 6) is -1.28. The zero-order valence-electron chi connectivity index (χ0n) is 8.42. The first-order chi connectivity index (χ1) is 6.38. The Balaban J connectivity index is 2.41. The van der Waals surface area contributed by atoms with Crippen LogP contribution in [0, 0.1) is 5.92 Å². The highest BCUT2D eigenvalue weighted by molar-refractivity contribution is 6.13. The van der Waals surface area contributed by atoms with E-state index in [1.165, 1.54) is 7.11 Å². The normalized spacial score (nSPS) is 44.9. The summed E-state index contributed by atoms with van der Waals surface area (Å²) in [5, 5.41) is 0. The van der Waals surface area contributed by atoms with Crippen LogP contribution in [0.3, 0.4) is 0 Å². The summed E-state index contributed by atoms with van der Waals surface area (Å²) in [7, 11) is 1.29. The monoisotopic (exact) mass is 196 g/mol. The summed E-state index contributed by atoms with van der Waals surface area (Å²) in [5.41, 5.74) is -1.30. The molecule has 4 nitrogen and oxygen atoms in total. The van der Waals surface area contributed by atoms with Gasteiger partial charge < -0.3 is 9.47 Å². The molecule has 0 aromatic heterocycles. The van der Waals surface area contributed by atoms with Crippen LogP contribution >= 0.6 is 0 Å². The highest BCUT2D eigenvalue weighted by atomic mass is 16.6. The maximum atomic E-state index is 11.7. The first-order valence-corrected chi connectivity index (χ1v) is 4.40. The van der Waals surface area contributed by atoms with Crippen LogP contribution in [0.5, 0.6) is 0 Å². The summed E-state index contributed by atoms with van der Waals surface area (Å²) in [6.07, 6.45) is 0. The van der Waals surface area contributed by atoms with Crippen molar-refractivity contribution in [2.45, 2.75) is 25.0 Å². The predicted octanol–water partition coefficient (Wildman–Crippen LogP) is 0.462. The van der Waals surface area contributed by atoms with Crippen molar-refractivity contribution in [3.8, 4) is 0 Å². The Kier molecular flexibility index (Phi) is 1.51. The zero-order valence-corrected chi connectivity index (χ0v) is 8.42. The Morgan fingerprint density at radius 3 is 2.50 bits per heavy atom. The Morgan fingerprint density at radius 1 is 1.57 bits per heavy atom. The van der Waals surface area contributed by atoms with Gasteiger partial charge in [0.15, 0.2) is 11.4 Å². The van der Waals surface area contributed by atoms with Crippen LogP contribution in [0.4, 0.5) is 0 Å². The Hall–Kier alpha value is -1.16. The third-order valence-corrected chi connectivity index (χ3v) is 3.38. The van der Waals surface area contributed by atoms with Crippen molar-refractivity contribution >= 4 is 11.8 Å². The number of ether oxygens (including phenoxy) is 2. The first-order valence-electron chi connectivity index (χ1n) is 4.40. The second-order valence-corrected chi connectivity index (χ2v) is 4.05. The molecule has 1 aliphatic carbocycles. The van der Waals surface area contributed by atoms with Crippen LogP contribution in [0.25, 0.3) is 0 Å². The Morgan fingerprint density at radius 2 is 2.14 bits per heavy atom. The number of fused-ring (bicyclic) bond motifs is 1. The van der Waals surface area contributed by atoms with Gasteiger partial charge in [-0.25, -0.2) is 0 Å². The molecule has 14 heavy (non-hydrogen) atoms. The quantitative estimate of drug-likeness (QED) is 0.347. The molecule has 3 atom stereocenters. The van der Waals surface area contributed by atoms with E-state index in [9.17, 15) is 9.59 Å². The van der Waals surface area contributed by atoms with E-state index >= 15 is 0 Å². The topological polar surface area (TPSA) is 55.9 Å². The highest BCUT2D eigenvalue weighted by Gasteiger charge is 2.79. The minimum Gasteiger partial charge on any atom is -0.468 e. The van der Waals surface area contributed by atoms with E-state index in [1.54, 1.807) is 13.8 Å². The molecule has 1 saturated heterocycles. The lowest BCUT2D eigenvalue weighted by Crippen LogP contribution is -2.29. The summed E-state index contributed by atoms with van der Waals surface area (Å²) in [4.78, 5) is 23.1. The summed E-state index contributed by atoms with van der Waals surface area (Å²) in [6.45, 7) is 7.05. The molecule has 0 bridgehead atoms. The van der Waals surface area contributed by atoms with E-state index in [0.29, 0.717) is 5.57 Å². The van der Waals surface area contributed by atoms with Crippen molar-refractivity contribution in [1.29, 1.82) is 0 Å². The second kappa shape index (κ2) is 2.25. The molecule has 1 heterocycles. The van der Waals surface area contributed by atoms with Gasteiger partial charge >= 0.3 is 5.97 Å². The van der Waals surface area contributed by atoms with Crippen molar-refractivity contribution in [2.24, 2.45) is 5.92 Å². The van der Waals surface area contributed by atoms with Gasteiger partial charge in [0.05, 0.1) is 7.11 Å². The molecule has 0 amide bonds. The molecule has 0 aromatic rings. The lowest BCUT2D eigenvalue weighted by molar-refractivity contribution is -0.146. The van der Waals surface area contributed by atoms with Crippen LogP contribution < -0.4 is 0 Å². The van der Waals surface area contributed by atoms with Crippen LogP contribution in [-0.2, 0) is 19.1 Å². The molecule has 3 unspecified atom stereocenters. The van der Waals surface area contributed by atoms with Crippen LogP contribution in [0.2, 0.25) is 0 Å². The number of hydrogen-bond donors (Lipinski definition) is 0. The maximum absolute atomic E-state index is 11.7. The molecular formula is C10H12O4. The van der Waals surface area contributed by atoms with Gasteiger partial charge in [0.25, 0.3) is 0 Å². The number of carbonyl (C=O) groups excluding carboxylic acids is 2. The number of methoxy groups -OCH3 is 1. The van der Waals surface area contributed by atoms with Gasteiger partial charge in [0, 0.05) is 5.57 Å². The van der Waals surface area contributed by atoms with Crippen LogP contribution in [-0.4, -0.2) is 30.1 Å². The minimum atomic E-state index is -0.858. The van der Waals surface area contributed by atoms with Crippen molar-refractivity contribution < 1.29 is 19.1 Å². The average molecular weight is 196 g/mol. The lowest BCUT2D eigenvalue weighted by Gasteiger charge is -2.14. The Labute approximate surface area is 81.9 Å². The van der Waals surface area contributed by atoms with Gasteiger partial charge in [-0.1, -0.05) is 6.58 Å². The van der Waals surface area contributed by atoms with Crippen molar-refractivity contribution in [3.05, 3.63) is 12.2 Å². The maximum Gasteiger partial charge on any atom is 0.316 e. The molecule has 4 heteroatoms. The summed E-state index contributed by atoms with van der Waals surface area (Å²) >= 11 is 0. The summed E-state index contributed by atoms with van der Waals surface area (Å²) in [6, 6.07) is 0. The number of carbonyl (C=O) groups is 2. The van der Waals surface area contributed by atoms with Gasteiger partial charge in [-0.15, -0.1) is 0 Å². The van der Waals surface area contributed by atoms with E-state index in [1.807, 2.05) is 0 Å². The number of ketones is 1. The van der Waals surface area contributed by atoms with Crippen LogP contribution in [0.1, 0.15) is 13.8 Å². The van der Waals surface area contributed by atoms with E-state index < -0.39 is 23.1 Å². The number of esters is 1. The van der Waals surface area contributed by atoms with Gasteiger partial charge in [-0.3, -0.25) is 9.59 Å². The molecule has 2 rings (SSSR count). The molecule has 1 aliphatic heterocycles. The minimum absolute atomic E-state index is 0.185. The number of epoxide rings is 1. The SMILES string of the molecule is C=C1C(=O)C2(C)OC2(C)C1C(=O)OC. The fourth-order valence-corrected chi connectivity index (χ4v) is 2.26. The fraction of sp³-hybridized carbons (Fsp3) is 0.600. The smallest absolute Gasteiger partial charge is 0.316 e. The summed E-state index contributed by atoms with van der Waals surface area (Å²) < 4.78 is 9.96. The van der Waals surface area contributed by atoms with Crippen LogP contribution in [0.15, 0.2) is 12.2 Å². The predicted molar refractivity (Wildman–Crippen MR) is 47.5 cm³/mol. The first kappa shape index (κ1) is 9.40. The molecule has 2 aliphatic rings. The third-order valence-electron chi connectivity index (χ3n) is 3.38. The van der Waals surface area contributed by atoms with Crippen molar-refractivity contribution in [1.82, 2.24) is 0 Å². The van der Waals surface area contributed by atoms with E-state index in [-0.39, 0.29) is 5.78 Å². The molecule has 2 fully saturated rings. The number of Topliss-reactive ketones (excluding diaryl/α,β-unsaturated/α-hetero) is 1. The van der Waals surface area contributed by atoms with E-state index in [2.05, 4.69) is 11.3 Å². The molecule has 0 radical (unpaired) electrons. The van der Waals surface area contributed by atoms with Gasteiger partial charge in [0.2, 0.25) is 0 Å². The number of hydrogen-bond acceptors (Lipinski definition) is 4. The zero-order chi connectivity index (χ0) is 10.7.